The largest absolute Gasteiger partial charge is 0.396 e. The van der Waals surface area contributed by atoms with E-state index in [0.717, 1.165) is 18.8 Å². The molecule has 4 aliphatic carbocycles. The lowest BCUT2D eigenvalue weighted by molar-refractivity contribution is -0.0962. The molecule has 7 atom stereocenters. The Labute approximate surface area is 179 Å². The second-order valence-corrected chi connectivity index (χ2v) is 12.6. The van der Waals surface area contributed by atoms with E-state index >= 15 is 0 Å². The second kappa shape index (κ2) is 7.09. The van der Waals surface area contributed by atoms with Gasteiger partial charge in [-0.2, -0.15) is 0 Å². The molecule has 166 valence electrons. The van der Waals surface area contributed by atoms with Crippen molar-refractivity contribution in [2.24, 2.45) is 39.4 Å². The van der Waals surface area contributed by atoms with Crippen LogP contribution in [0.4, 0.5) is 0 Å². The average Bonchev–Trinajstić information content (AvgIpc) is 2.95. The summed E-state index contributed by atoms with van der Waals surface area (Å²) in [6.07, 6.45) is 12.0. The molecule has 2 heteroatoms. The third-order valence-corrected chi connectivity index (χ3v) is 11.3. The third-order valence-electron chi connectivity index (χ3n) is 11.3. The van der Waals surface area contributed by atoms with Crippen molar-refractivity contribution in [3.63, 3.8) is 0 Å². The van der Waals surface area contributed by atoms with Crippen LogP contribution in [0, 0.1) is 39.4 Å². The Morgan fingerprint density at radius 2 is 1.66 bits per heavy atom. The number of aliphatic hydroxyl groups excluding tert-OH is 2. The minimum atomic E-state index is -0.143. The molecule has 0 spiro atoms. The van der Waals surface area contributed by atoms with Crippen LogP contribution in [-0.4, -0.2) is 22.9 Å². The highest BCUT2D eigenvalue weighted by atomic mass is 16.3. The van der Waals surface area contributed by atoms with Crippen molar-refractivity contribution in [2.75, 3.05) is 6.61 Å². The van der Waals surface area contributed by atoms with Gasteiger partial charge < -0.3 is 10.2 Å². The van der Waals surface area contributed by atoms with E-state index in [1.54, 1.807) is 0 Å². The van der Waals surface area contributed by atoms with Crippen LogP contribution in [-0.2, 0) is 0 Å². The first-order valence-electron chi connectivity index (χ1n) is 12.5. The molecular formula is C27H46O2. The lowest BCUT2D eigenvalue weighted by atomic mass is 9.43. The summed E-state index contributed by atoms with van der Waals surface area (Å²) in [4.78, 5) is 0. The van der Waals surface area contributed by atoms with E-state index in [1.165, 1.54) is 51.4 Å². The molecule has 0 heterocycles. The molecule has 0 aromatic rings. The Kier molecular flexibility index (Phi) is 5.35. The summed E-state index contributed by atoms with van der Waals surface area (Å²) in [5.41, 5.74) is 4.75. The fourth-order valence-electron chi connectivity index (χ4n) is 9.24. The van der Waals surface area contributed by atoms with Crippen molar-refractivity contribution in [1.29, 1.82) is 0 Å². The normalized spacial score (nSPS) is 47.4. The standard InChI is InChI=1S/C27H46O2/c1-18(8-7-17-28)19-11-15-27(6)21-9-10-22-24(2,3)23(29)13-14-25(22,4)20(21)12-16-26(19,27)5/h18-19,22-23,28-29H,7-17H2,1-6H3/t18-,19?,22?,23+,25-,26-,27+/m1/s1. The summed E-state index contributed by atoms with van der Waals surface area (Å²) >= 11 is 0. The maximum Gasteiger partial charge on any atom is 0.0594 e. The highest BCUT2D eigenvalue weighted by molar-refractivity contribution is 5.38. The summed E-state index contributed by atoms with van der Waals surface area (Å²) in [6.45, 7) is 15.2. The molecule has 0 aromatic carbocycles. The van der Waals surface area contributed by atoms with Gasteiger partial charge in [0.25, 0.3) is 0 Å². The number of rotatable bonds is 4. The molecule has 0 saturated heterocycles. The van der Waals surface area contributed by atoms with Gasteiger partial charge in [0.05, 0.1) is 6.10 Å². The van der Waals surface area contributed by atoms with Crippen LogP contribution >= 0.6 is 0 Å². The number of aliphatic hydroxyl groups is 2. The van der Waals surface area contributed by atoms with Gasteiger partial charge in [0.1, 0.15) is 0 Å². The van der Waals surface area contributed by atoms with Crippen molar-refractivity contribution in [3.05, 3.63) is 11.1 Å². The zero-order valence-electron chi connectivity index (χ0n) is 20.0. The first-order chi connectivity index (χ1) is 13.5. The van der Waals surface area contributed by atoms with Crippen molar-refractivity contribution in [1.82, 2.24) is 0 Å². The van der Waals surface area contributed by atoms with Crippen LogP contribution in [0.15, 0.2) is 11.1 Å². The maximum atomic E-state index is 10.8. The molecule has 4 aliphatic rings. The quantitative estimate of drug-likeness (QED) is 0.527. The maximum absolute atomic E-state index is 10.8. The number of hydrogen-bond donors (Lipinski definition) is 2. The van der Waals surface area contributed by atoms with Crippen molar-refractivity contribution < 1.29 is 10.2 Å². The zero-order chi connectivity index (χ0) is 21.2. The van der Waals surface area contributed by atoms with Gasteiger partial charge in [0.2, 0.25) is 0 Å². The van der Waals surface area contributed by atoms with E-state index in [-0.39, 0.29) is 11.5 Å². The molecule has 0 aromatic heterocycles. The molecule has 0 aliphatic heterocycles. The van der Waals surface area contributed by atoms with Crippen LogP contribution in [0.1, 0.15) is 106 Å². The van der Waals surface area contributed by atoms with Crippen molar-refractivity contribution in [2.45, 2.75) is 112 Å². The molecule has 2 nitrogen and oxygen atoms in total. The average molecular weight is 403 g/mol. The van der Waals surface area contributed by atoms with Gasteiger partial charge in [-0.1, -0.05) is 52.7 Å². The third kappa shape index (κ3) is 2.87. The Hall–Kier alpha value is -0.340. The molecule has 2 saturated carbocycles. The number of fused-ring (bicyclic) bond motifs is 4. The van der Waals surface area contributed by atoms with E-state index in [1.807, 2.05) is 11.1 Å². The highest BCUT2D eigenvalue weighted by Gasteiger charge is 2.63. The highest BCUT2D eigenvalue weighted by Crippen LogP contribution is 2.72. The topological polar surface area (TPSA) is 40.5 Å². The Morgan fingerprint density at radius 1 is 0.931 bits per heavy atom. The lowest BCUT2D eigenvalue weighted by Crippen LogP contribution is -2.55. The fourth-order valence-corrected chi connectivity index (χ4v) is 9.24. The predicted molar refractivity (Wildman–Crippen MR) is 121 cm³/mol. The van der Waals surface area contributed by atoms with Crippen LogP contribution < -0.4 is 0 Å². The summed E-state index contributed by atoms with van der Waals surface area (Å²) in [5, 5.41) is 20.1. The van der Waals surface area contributed by atoms with E-state index in [9.17, 15) is 10.2 Å². The molecule has 29 heavy (non-hydrogen) atoms. The van der Waals surface area contributed by atoms with Crippen LogP contribution in [0.25, 0.3) is 0 Å². The molecule has 2 unspecified atom stereocenters. The first-order valence-corrected chi connectivity index (χ1v) is 12.5. The van der Waals surface area contributed by atoms with E-state index in [4.69, 9.17) is 0 Å². The van der Waals surface area contributed by atoms with Crippen LogP contribution in [0.5, 0.6) is 0 Å². The Balaban J connectivity index is 1.70. The summed E-state index contributed by atoms with van der Waals surface area (Å²) in [6, 6.07) is 0. The minimum absolute atomic E-state index is 0.0319. The SMILES string of the molecule is C[C@H](CCCO)C1CC[C@@]2(C)C3=C(CC[C@]12C)[C@@]1(C)CC[C@H](O)C(C)(C)C1CC3. The van der Waals surface area contributed by atoms with E-state index in [0.29, 0.717) is 34.7 Å². The van der Waals surface area contributed by atoms with Gasteiger partial charge in [-0.15, -0.1) is 0 Å². The van der Waals surface area contributed by atoms with Gasteiger partial charge in [0, 0.05) is 6.61 Å². The first kappa shape index (κ1) is 21.9. The van der Waals surface area contributed by atoms with E-state index < -0.39 is 0 Å². The van der Waals surface area contributed by atoms with Gasteiger partial charge >= 0.3 is 0 Å². The lowest BCUT2D eigenvalue weighted by Gasteiger charge is -2.62. The molecule has 2 fully saturated rings. The molecule has 2 N–H and O–H groups in total. The van der Waals surface area contributed by atoms with Gasteiger partial charge in [-0.3, -0.25) is 0 Å². The monoisotopic (exact) mass is 402 g/mol. The zero-order valence-corrected chi connectivity index (χ0v) is 20.0. The Bertz CT molecular complexity index is 678. The molecule has 4 rings (SSSR count). The summed E-state index contributed by atoms with van der Waals surface area (Å²) in [7, 11) is 0. The molecule has 0 radical (unpaired) electrons. The van der Waals surface area contributed by atoms with Crippen molar-refractivity contribution >= 4 is 0 Å². The van der Waals surface area contributed by atoms with Crippen LogP contribution in [0.2, 0.25) is 0 Å². The Morgan fingerprint density at radius 3 is 2.34 bits per heavy atom. The minimum Gasteiger partial charge on any atom is -0.396 e. The molecule has 0 amide bonds. The summed E-state index contributed by atoms with van der Waals surface area (Å²) < 4.78 is 0. The second-order valence-electron chi connectivity index (χ2n) is 12.6. The fraction of sp³-hybridized carbons (Fsp3) is 0.926. The van der Waals surface area contributed by atoms with Gasteiger partial charge in [-0.05, 0) is 104 Å². The summed E-state index contributed by atoms with van der Waals surface area (Å²) in [5.74, 6) is 2.13. The molecule has 0 bridgehead atoms. The van der Waals surface area contributed by atoms with Crippen LogP contribution in [0.3, 0.4) is 0 Å². The van der Waals surface area contributed by atoms with E-state index in [2.05, 4.69) is 41.5 Å². The predicted octanol–water partition coefficient (Wildman–Crippen LogP) is 6.51. The number of allylic oxidation sites excluding steroid dienone is 2. The van der Waals surface area contributed by atoms with Gasteiger partial charge in [0.15, 0.2) is 0 Å². The smallest absolute Gasteiger partial charge is 0.0594 e. The van der Waals surface area contributed by atoms with Gasteiger partial charge in [-0.25, -0.2) is 0 Å². The van der Waals surface area contributed by atoms with Crippen molar-refractivity contribution in [3.8, 4) is 0 Å². The molecular weight excluding hydrogens is 356 g/mol. The number of hydrogen-bond acceptors (Lipinski definition) is 2.